The molecule has 15 heavy (non-hydrogen) atoms. The summed E-state index contributed by atoms with van der Waals surface area (Å²) in [6, 6.07) is 1.96. The Bertz CT molecular complexity index is 285. The Balaban J connectivity index is 2.79. The number of ether oxygens (including phenoxy) is 2. The Morgan fingerprint density at radius 2 is 1.47 bits per heavy atom. The first kappa shape index (κ1) is 12.4. The first-order valence-electron chi connectivity index (χ1n) is 5.13. The van der Waals surface area contributed by atoms with Gasteiger partial charge in [-0.25, -0.2) is 0 Å². The van der Waals surface area contributed by atoms with Crippen molar-refractivity contribution in [1.82, 2.24) is 0 Å². The van der Waals surface area contributed by atoms with Crippen LogP contribution in [0.2, 0.25) is 0 Å². The zero-order valence-electron chi connectivity index (χ0n) is 10.4. The van der Waals surface area contributed by atoms with E-state index in [0.29, 0.717) is 0 Å². The number of hydrogen-bond donors (Lipinski definition) is 0. The van der Waals surface area contributed by atoms with E-state index in [1.165, 1.54) is 0 Å². The van der Waals surface area contributed by atoms with Crippen LogP contribution in [0.3, 0.4) is 0 Å². The van der Waals surface area contributed by atoms with Gasteiger partial charge in [0, 0.05) is 0 Å². The minimum Gasteiger partial charge on any atom is -0.483 e. The standard InChI is InChI=1S/C12H20O2S/c1-11(2,3)13-9-7-8-15-10(9)14-12(4,5)6/h7-8H,1-6H3. The van der Waals surface area contributed by atoms with Crippen LogP contribution in [-0.4, -0.2) is 11.2 Å². The molecule has 0 saturated heterocycles. The molecule has 0 radical (unpaired) electrons. The van der Waals surface area contributed by atoms with Crippen LogP contribution in [0.4, 0.5) is 0 Å². The molecular weight excluding hydrogens is 208 g/mol. The molecule has 0 N–H and O–H groups in total. The highest BCUT2D eigenvalue weighted by Gasteiger charge is 2.20. The van der Waals surface area contributed by atoms with Crippen LogP contribution in [0, 0.1) is 0 Å². The van der Waals surface area contributed by atoms with E-state index in [9.17, 15) is 0 Å². The molecule has 2 nitrogen and oxygen atoms in total. The fourth-order valence-corrected chi connectivity index (χ4v) is 1.88. The highest BCUT2D eigenvalue weighted by Crippen LogP contribution is 2.37. The van der Waals surface area contributed by atoms with Crippen LogP contribution in [-0.2, 0) is 0 Å². The molecule has 0 aliphatic carbocycles. The van der Waals surface area contributed by atoms with Crippen LogP contribution in [0.25, 0.3) is 0 Å². The summed E-state index contributed by atoms with van der Waals surface area (Å²) in [6.45, 7) is 12.2. The molecular formula is C12H20O2S. The quantitative estimate of drug-likeness (QED) is 0.758. The summed E-state index contributed by atoms with van der Waals surface area (Å²) in [6.07, 6.45) is 0. The first-order valence-corrected chi connectivity index (χ1v) is 6.01. The van der Waals surface area contributed by atoms with Gasteiger partial charge in [-0.3, -0.25) is 0 Å². The lowest BCUT2D eigenvalue weighted by Gasteiger charge is -2.24. The summed E-state index contributed by atoms with van der Waals surface area (Å²) < 4.78 is 11.6. The molecule has 1 rings (SSSR count). The molecule has 0 saturated carbocycles. The molecule has 0 spiro atoms. The molecule has 0 fully saturated rings. The van der Waals surface area contributed by atoms with Gasteiger partial charge < -0.3 is 9.47 Å². The summed E-state index contributed by atoms with van der Waals surface area (Å²) in [5.41, 5.74) is -0.363. The van der Waals surface area contributed by atoms with Crippen molar-refractivity contribution >= 4 is 11.3 Å². The van der Waals surface area contributed by atoms with E-state index in [1.54, 1.807) is 11.3 Å². The smallest absolute Gasteiger partial charge is 0.217 e. The third-order valence-corrected chi connectivity index (χ3v) is 2.18. The van der Waals surface area contributed by atoms with Gasteiger partial charge in [-0.15, -0.1) is 11.3 Å². The monoisotopic (exact) mass is 228 g/mol. The highest BCUT2D eigenvalue weighted by atomic mass is 32.1. The molecule has 1 aromatic rings. The van der Waals surface area contributed by atoms with Crippen molar-refractivity contribution in [3.8, 4) is 10.8 Å². The number of hydrogen-bond acceptors (Lipinski definition) is 3. The summed E-state index contributed by atoms with van der Waals surface area (Å²) in [7, 11) is 0. The average molecular weight is 228 g/mol. The number of thiophene rings is 1. The van der Waals surface area contributed by atoms with Crippen LogP contribution in [0.15, 0.2) is 11.4 Å². The average Bonchev–Trinajstić information content (AvgIpc) is 2.29. The van der Waals surface area contributed by atoms with E-state index in [2.05, 4.69) is 0 Å². The lowest BCUT2D eigenvalue weighted by molar-refractivity contribution is 0.100. The summed E-state index contributed by atoms with van der Waals surface area (Å²) in [5.74, 6) is 0.836. The van der Waals surface area contributed by atoms with Crippen molar-refractivity contribution in [2.45, 2.75) is 52.7 Å². The van der Waals surface area contributed by atoms with Crippen molar-refractivity contribution in [3.05, 3.63) is 11.4 Å². The van der Waals surface area contributed by atoms with Gasteiger partial charge in [0.2, 0.25) is 5.06 Å². The van der Waals surface area contributed by atoms with Crippen molar-refractivity contribution in [3.63, 3.8) is 0 Å². The van der Waals surface area contributed by atoms with Crippen molar-refractivity contribution in [1.29, 1.82) is 0 Å². The van der Waals surface area contributed by atoms with Gasteiger partial charge in [0.05, 0.1) is 0 Å². The second kappa shape index (κ2) is 4.05. The van der Waals surface area contributed by atoms with Crippen molar-refractivity contribution in [2.75, 3.05) is 0 Å². The topological polar surface area (TPSA) is 18.5 Å². The zero-order chi connectivity index (χ0) is 11.7. The van der Waals surface area contributed by atoms with Crippen LogP contribution in [0.1, 0.15) is 41.5 Å². The minimum absolute atomic E-state index is 0.180. The van der Waals surface area contributed by atoms with E-state index < -0.39 is 0 Å². The maximum atomic E-state index is 5.81. The van der Waals surface area contributed by atoms with E-state index >= 15 is 0 Å². The van der Waals surface area contributed by atoms with Gasteiger partial charge in [-0.05, 0) is 53.0 Å². The second-order valence-corrected chi connectivity index (χ2v) is 6.38. The lowest BCUT2D eigenvalue weighted by Crippen LogP contribution is -2.25. The third kappa shape index (κ3) is 4.56. The van der Waals surface area contributed by atoms with E-state index in [-0.39, 0.29) is 11.2 Å². The summed E-state index contributed by atoms with van der Waals surface area (Å²) in [5, 5.41) is 2.85. The van der Waals surface area contributed by atoms with Gasteiger partial charge in [0.1, 0.15) is 11.2 Å². The van der Waals surface area contributed by atoms with Crippen LogP contribution < -0.4 is 9.47 Å². The zero-order valence-corrected chi connectivity index (χ0v) is 11.2. The largest absolute Gasteiger partial charge is 0.483 e. The molecule has 1 aromatic heterocycles. The third-order valence-electron chi connectivity index (χ3n) is 1.41. The van der Waals surface area contributed by atoms with Gasteiger partial charge in [-0.2, -0.15) is 0 Å². The van der Waals surface area contributed by atoms with Gasteiger partial charge in [0.15, 0.2) is 5.75 Å². The van der Waals surface area contributed by atoms with Crippen LogP contribution in [0.5, 0.6) is 10.8 Å². The van der Waals surface area contributed by atoms with Crippen molar-refractivity contribution < 1.29 is 9.47 Å². The van der Waals surface area contributed by atoms with Gasteiger partial charge in [-0.1, -0.05) is 0 Å². The molecule has 0 bridgehead atoms. The van der Waals surface area contributed by atoms with Crippen LogP contribution >= 0.6 is 11.3 Å². The van der Waals surface area contributed by atoms with E-state index in [1.807, 2.05) is 53.0 Å². The Kier molecular flexibility index (Phi) is 3.34. The normalized spacial score (nSPS) is 12.7. The molecule has 0 aliphatic heterocycles. The molecule has 86 valence electrons. The Hall–Kier alpha value is -0.700. The van der Waals surface area contributed by atoms with Gasteiger partial charge in [0.25, 0.3) is 0 Å². The fourth-order valence-electron chi connectivity index (χ4n) is 1.04. The highest BCUT2D eigenvalue weighted by molar-refractivity contribution is 7.12. The predicted molar refractivity (Wildman–Crippen MR) is 65.1 cm³/mol. The predicted octanol–water partition coefficient (Wildman–Crippen LogP) is 4.10. The Labute approximate surface area is 96.2 Å². The van der Waals surface area contributed by atoms with E-state index in [0.717, 1.165) is 10.8 Å². The lowest BCUT2D eigenvalue weighted by atomic mass is 10.2. The molecule has 0 amide bonds. The summed E-state index contributed by atoms with van der Waals surface area (Å²) in [4.78, 5) is 0. The second-order valence-electron chi connectivity index (χ2n) is 5.50. The molecule has 1 heterocycles. The summed E-state index contributed by atoms with van der Waals surface area (Å²) >= 11 is 1.57. The van der Waals surface area contributed by atoms with Gasteiger partial charge >= 0.3 is 0 Å². The Morgan fingerprint density at radius 3 is 1.93 bits per heavy atom. The maximum absolute atomic E-state index is 5.81. The van der Waals surface area contributed by atoms with E-state index in [4.69, 9.17) is 9.47 Å². The SMILES string of the molecule is CC(C)(C)Oc1ccsc1OC(C)(C)C. The fraction of sp³-hybridized carbons (Fsp3) is 0.667. The minimum atomic E-state index is -0.183. The Morgan fingerprint density at radius 1 is 0.933 bits per heavy atom. The molecule has 3 heteroatoms. The molecule has 0 unspecified atom stereocenters. The first-order chi connectivity index (χ1) is 6.67. The molecule has 0 aliphatic rings. The maximum Gasteiger partial charge on any atom is 0.217 e. The van der Waals surface area contributed by atoms with Crippen molar-refractivity contribution in [2.24, 2.45) is 0 Å². The molecule has 0 atom stereocenters. The molecule has 0 aromatic carbocycles. The number of rotatable bonds is 2.